The first-order valence-corrected chi connectivity index (χ1v) is 37.4. The molecule has 3 amide bonds. The fraction of sp³-hybridized carbons (Fsp3) is 0.133. The number of para-hydroxylation sites is 3. The summed E-state index contributed by atoms with van der Waals surface area (Å²) in [5.74, 6) is 19.0. The summed E-state index contributed by atoms with van der Waals surface area (Å²) < 4.78 is 16.2. The highest BCUT2D eigenvalue weighted by Gasteiger charge is 2.29. The van der Waals surface area contributed by atoms with Crippen LogP contribution in [-0.2, 0) is 14.1 Å². The molecule has 3 atom stereocenters. The van der Waals surface area contributed by atoms with Gasteiger partial charge in [-0.3, -0.25) is 56.8 Å². The molecular formula is C90H72N22O7. The van der Waals surface area contributed by atoms with Crippen molar-refractivity contribution in [3.05, 3.63) is 354 Å². The molecule has 0 spiro atoms. The number of nitrogens with one attached hydrogen (secondary N) is 3. The lowest BCUT2D eigenvalue weighted by Gasteiger charge is -2.20. The predicted octanol–water partition coefficient (Wildman–Crippen LogP) is 10.5. The number of carbonyl (C=O) groups excluding carboxylic acids is 3. The molecule has 0 saturated carbocycles. The van der Waals surface area contributed by atoms with Crippen molar-refractivity contribution >= 4 is 61.7 Å². The van der Waals surface area contributed by atoms with E-state index in [1.54, 1.807) is 177 Å². The van der Waals surface area contributed by atoms with Crippen molar-refractivity contribution < 1.29 is 19.1 Å². The number of ether oxygens (including phenoxy) is 1. The van der Waals surface area contributed by atoms with Crippen LogP contribution in [-0.4, -0.2) is 117 Å². The number of aromatic nitrogens is 19. The Labute approximate surface area is 678 Å². The largest absolute Gasteiger partial charge is 0.481 e. The molecule has 29 nitrogen and oxygen atoms in total. The van der Waals surface area contributed by atoms with E-state index in [0.717, 1.165) is 5.56 Å². The van der Waals surface area contributed by atoms with Gasteiger partial charge in [0.15, 0.2) is 11.3 Å². The summed E-state index contributed by atoms with van der Waals surface area (Å²) in [4.78, 5) is 118. The minimum atomic E-state index is -0.646. The lowest BCUT2D eigenvalue weighted by atomic mass is 10.1. The normalized spacial score (nSPS) is 11.6. The fourth-order valence-corrected chi connectivity index (χ4v) is 13.5. The van der Waals surface area contributed by atoms with Gasteiger partial charge < -0.3 is 20.7 Å². The van der Waals surface area contributed by atoms with E-state index in [-0.39, 0.29) is 34.2 Å². The summed E-state index contributed by atoms with van der Waals surface area (Å²) in [6.07, 6.45) is 16.6. The Morgan fingerprint density at radius 2 is 0.849 bits per heavy atom. The molecule has 17 aromatic rings. The first-order chi connectivity index (χ1) is 57.8. The van der Waals surface area contributed by atoms with Gasteiger partial charge in [-0.25, -0.2) is 43.9 Å². The molecule has 17 rings (SSSR count). The maximum atomic E-state index is 14.2. The molecule has 0 saturated heterocycles. The molecule has 0 radical (unpaired) electrons. The summed E-state index contributed by atoms with van der Waals surface area (Å²) in [6, 6.07) is 50.6. The molecule has 6 aromatic carbocycles. The molecule has 11 heterocycles. The Morgan fingerprint density at radius 1 is 0.412 bits per heavy atom. The maximum absolute atomic E-state index is 14.2. The van der Waals surface area contributed by atoms with Crippen molar-refractivity contribution in [1.82, 2.24) is 108 Å². The van der Waals surface area contributed by atoms with Crippen LogP contribution >= 0.6 is 0 Å². The Balaban J connectivity index is 0.000000140. The fourth-order valence-electron chi connectivity index (χ4n) is 13.5. The standard InChI is InChI=1S/C32H25N7O3.C30H24N8O2.C28H23N7O2/c1-20-27(30-34-16-8-18-38(30)37-20)31(40)35-21(2)29-36-25-12-7-9-23(14-13-22-15-17-33-26(19-22)42-3)28(25)32(41)39(29)24-10-5-4-6-11-24;1-19-25(28-31-16-8-17-37(28)34-19)29(39)32-20(2)27-33-24-12-7-9-21(13-14-22-15-18-36(3)35-22)26(24)30(40)38(27)23-10-5-4-6-11-23;1-18-25(30-15-14-29-18)27(36)32-19(2)26-33-23-11-7-8-21(13-12-20-16-31-34(3)17-20)24(23)28(37)35(26)22-9-5-4-6-10-22/h4-12,15-19,21H,1-3H3,(H,35,40);4-12,15-18,20H,1-3H3,(H,32,39);4-11,14-17,19H,1-3H3,(H,32,36)/t21-;20-;19-/m000/s1. The number of amides is 3. The summed E-state index contributed by atoms with van der Waals surface area (Å²) >= 11 is 0. The number of benzene rings is 6. The third kappa shape index (κ3) is 16.4. The van der Waals surface area contributed by atoms with E-state index in [0.29, 0.717) is 141 Å². The second-order valence-corrected chi connectivity index (χ2v) is 27.3. The summed E-state index contributed by atoms with van der Waals surface area (Å²) in [5.41, 5.74) is 9.55. The second-order valence-electron chi connectivity index (χ2n) is 27.3. The quantitative estimate of drug-likeness (QED) is 0.0903. The van der Waals surface area contributed by atoms with Crippen LogP contribution in [0, 0.1) is 56.3 Å². The molecule has 29 heteroatoms. The minimum Gasteiger partial charge on any atom is -0.481 e. The van der Waals surface area contributed by atoms with E-state index in [4.69, 9.17) is 19.7 Å². The third-order valence-electron chi connectivity index (χ3n) is 19.1. The monoisotopic (exact) mass is 1570 g/mol. The highest BCUT2D eigenvalue weighted by molar-refractivity contribution is 6.02. The topological polar surface area (TPSA) is 336 Å². The molecule has 0 unspecified atom stereocenters. The summed E-state index contributed by atoms with van der Waals surface area (Å²) in [6.45, 7) is 10.6. The van der Waals surface area contributed by atoms with Crippen LogP contribution in [0.4, 0.5) is 0 Å². The van der Waals surface area contributed by atoms with Crippen LogP contribution in [0.25, 0.3) is 61.1 Å². The second kappa shape index (κ2) is 34.1. The number of pyridine rings is 1. The average molecular weight is 1570 g/mol. The number of rotatable bonds is 13. The molecule has 0 aliphatic carbocycles. The number of fused-ring (bicyclic) bond motifs is 5. The lowest BCUT2D eigenvalue weighted by Crippen LogP contribution is -2.34. The minimum absolute atomic E-state index is 0.219. The molecule has 0 bridgehead atoms. The van der Waals surface area contributed by atoms with Gasteiger partial charge in [-0.1, -0.05) is 102 Å². The van der Waals surface area contributed by atoms with E-state index >= 15 is 0 Å². The number of nitrogens with zero attached hydrogens (tertiary/aromatic N) is 19. The van der Waals surface area contributed by atoms with Gasteiger partial charge in [-0.05, 0) is 145 Å². The van der Waals surface area contributed by atoms with Crippen molar-refractivity contribution in [1.29, 1.82) is 0 Å². The van der Waals surface area contributed by atoms with Crippen molar-refractivity contribution in [3.63, 3.8) is 0 Å². The lowest BCUT2D eigenvalue weighted by molar-refractivity contribution is 0.0925. The SMILES string of the molecule is COc1cc(C#Cc2cccc3nc([C@H](C)NC(=O)c4c(C)nn5cccnc45)n(-c4ccccc4)c(=O)c23)ccn1.Cc1nccnc1C(=O)N[C@@H](C)c1nc2cccc(C#Cc3cnn(C)c3)c2c(=O)n1-c1ccccc1.Cc1nn2cccnc2c1C(=O)N[C@@H](C)c1nc2cccc(C#Cc3ccn(C)n3)c2c(=O)n1-c1ccccc1. The van der Waals surface area contributed by atoms with Gasteiger partial charge in [0.1, 0.15) is 40.0 Å². The number of hydrogen-bond donors (Lipinski definition) is 3. The van der Waals surface area contributed by atoms with Crippen LogP contribution in [0.5, 0.6) is 5.88 Å². The zero-order valence-corrected chi connectivity index (χ0v) is 65.6. The Kier molecular flexibility index (Phi) is 22.3. The van der Waals surface area contributed by atoms with Gasteiger partial charge in [0.2, 0.25) is 5.88 Å². The van der Waals surface area contributed by atoms with E-state index in [9.17, 15) is 28.8 Å². The van der Waals surface area contributed by atoms with Gasteiger partial charge in [0.25, 0.3) is 34.4 Å². The first kappa shape index (κ1) is 77.8. The Morgan fingerprint density at radius 3 is 1.27 bits per heavy atom. The Bertz CT molecular complexity index is 7220. The molecule has 0 fully saturated rings. The molecule has 584 valence electrons. The molecule has 0 aliphatic heterocycles. The summed E-state index contributed by atoms with van der Waals surface area (Å²) in [5, 5.41) is 27.3. The van der Waals surface area contributed by atoms with Crippen molar-refractivity contribution in [2.45, 2.75) is 59.7 Å². The van der Waals surface area contributed by atoms with Crippen LogP contribution in [0.1, 0.15) is 138 Å². The number of hydrogen-bond acceptors (Lipinski definition) is 19. The molecule has 119 heavy (non-hydrogen) atoms. The zero-order valence-electron chi connectivity index (χ0n) is 65.6. The van der Waals surface area contributed by atoms with Gasteiger partial charge in [0, 0.05) is 98.2 Å². The van der Waals surface area contributed by atoms with Crippen molar-refractivity contribution in [2.75, 3.05) is 7.11 Å². The number of methoxy groups -OCH3 is 1. The molecule has 0 aliphatic rings. The van der Waals surface area contributed by atoms with Gasteiger partial charge in [-0.2, -0.15) is 20.4 Å². The predicted molar refractivity (Wildman–Crippen MR) is 447 cm³/mol. The van der Waals surface area contributed by atoms with Crippen molar-refractivity contribution in [2.24, 2.45) is 14.1 Å². The number of aryl methyl sites for hydroxylation is 5. The van der Waals surface area contributed by atoms with Crippen LogP contribution < -0.4 is 37.4 Å². The number of carbonyl (C=O) groups is 3. The van der Waals surface area contributed by atoms with E-state index in [1.165, 1.54) is 26.1 Å². The summed E-state index contributed by atoms with van der Waals surface area (Å²) in [7, 11) is 5.18. The first-order valence-electron chi connectivity index (χ1n) is 37.4. The van der Waals surface area contributed by atoms with E-state index < -0.39 is 24.0 Å². The van der Waals surface area contributed by atoms with Crippen LogP contribution in [0.3, 0.4) is 0 Å². The smallest absolute Gasteiger partial charge is 0.272 e. The van der Waals surface area contributed by atoms with E-state index in [2.05, 4.69) is 96.8 Å². The maximum Gasteiger partial charge on any atom is 0.272 e. The van der Waals surface area contributed by atoms with Gasteiger partial charge in [-0.15, -0.1) is 0 Å². The van der Waals surface area contributed by atoms with Gasteiger partial charge in [0.05, 0.1) is 104 Å². The van der Waals surface area contributed by atoms with Gasteiger partial charge >= 0.3 is 0 Å². The molecule has 11 aromatic heterocycles. The average Bonchev–Trinajstić information content (AvgIpc) is 1.32. The van der Waals surface area contributed by atoms with Crippen LogP contribution in [0.2, 0.25) is 0 Å². The molecule has 3 N–H and O–H groups in total. The van der Waals surface area contributed by atoms with E-state index in [1.807, 2.05) is 129 Å². The van der Waals surface area contributed by atoms with Crippen LogP contribution in [0.15, 0.2) is 252 Å². The third-order valence-corrected chi connectivity index (χ3v) is 19.1. The Hall–Kier alpha value is -16.5. The van der Waals surface area contributed by atoms with Crippen molar-refractivity contribution in [3.8, 4) is 58.5 Å². The molecular weight excluding hydrogens is 1500 g/mol. The highest BCUT2D eigenvalue weighted by atomic mass is 16.5. The zero-order chi connectivity index (χ0) is 83.0. The highest BCUT2D eigenvalue weighted by Crippen LogP contribution is 2.27.